The first-order chi connectivity index (χ1) is 9.00. The summed E-state index contributed by atoms with van der Waals surface area (Å²) in [6.07, 6.45) is 3.87. The first-order valence-corrected chi connectivity index (χ1v) is 6.31. The number of pyridine rings is 1. The van der Waals surface area contributed by atoms with Gasteiger partial charge >= 0.3 is 11.9 Å². The van der Waals surface area contributed by atoms with Crippen LogP contribution < -0.4 is 4.90 Å². The number of hydrogen-bond acceptors (Lipinski definition) is 3. The third-order valence-electron chi connectivity index (χ3n) is 3.25. The van der Waals surface area contributed by atoms with Crippen molar-refractivity contribution in [2.24, 2.45) is 0 Å². The molecule has 0 spiro atoms. The Morgan fingerprint density at radius 1 is 1.37 bits per heavy atom. The normalized spacial score (nSPS) is 16.4. The number of alkyl halides is 2. The molecule has 2 heterocycles. The average Bonchev–Trinajstić information content (AvgIpc) is 2.40. The Balaban J connectivity index is 2.23. The van der Waals surface area contributed by atoms with E-state index in [1.165, 1.54) is 6.07 Å². The zero-order chi connectivity index (χ0) is 13.9. The number of rotatable bonds is 4. The van der Waals surface area contributed by atoms with E-state index in [4.69, 9.17) is 5.11 Å². The number of carboxylic acid groups (broad SMARTS) is 1. The standard InChI is InChI=1S/C13H16F2N2O2/c14-13(15,12(18)19)9-10-5-4-6-16-11(10)17-7-2-1-3-8-17/h4-6H,1-3,7-9H2,(H,18,19). The van der Waals surface area contributed by atoms with Crippen LogP contribution in [-0.2, 0) is 11.2 Å². The largest absolute Gasteiger partial charge is 0.477 e. The number of aliphatic carboxylic acids is 1. The van der Waals surface area contributed by atoms with E-state index < -0.39 is 18.3 Å². The Labute approximate surface area is 110 Å². The highest BCUT2D eigenvalue weighted by atomic mass is 19.3. The number of nitrogens with zero attached hydrogens (tertiary/aromatic N) is 2. The zero-order valence-corrected chi connectivity index (χ0v) is 10.5. The van der Waals surface area contributed by atoms with Gasteiger partial charge in [0.1, 0.15) is 5.82 Å². The van der Waals surface area contributed by atoms with E-state index in [1.807, 2.05) is 4.90 Å². The maximum Gasteiger partial charge on any atom is 0.374 e. The molecule has 1 saturated heterocycles. The van der Waals surface area contributed by atoms with Gasteiger partial charge in [-0.15, -0.1) is 0 Å². The van der Waals surface area contributed by atoms with Gasteiger partial charge in [-0.25, -0.2) is 9.78 Å². The number of anilines is 1. The first kappa shape index (κ1) is 13.7. The molecule has 1 aromatic heterocycles. The van der Waals surface area contributed by atoms with E-state index >= 15 is 0 Å². The Kier molecular flexibility index (Phi) is 3.97. The van der Waals surface area contributed by atoms with Gasteiger partial charge in [-0.1, -0.05) is 6.07 Å². The Hall–Kier alpha value is -1.72. The molecule has 0 bridgehead atoms. The molecule has 4 nitrogen and oxygen atoms in total. The van der Waals surface area contributed by atoms with E-state index in [1.54, 1.807) is 12.3 Å². The quantitative estimate of drug-likeness (QED) is 0.912. The highest BCUT2D eigenvalue weighted by Gasteiger charge is 2.40. The minimum absolute atomic E-state index is 0.289. The van der Waals surface area contributed by atoms with Gasteiger partial charge in [0.2, 0.25) is 0 Å². The lowest BCUT2D eigenvalue weighted by Gasteiger charge is -2.29. The molecule has 1 aliphatic rings. The van der Waals surface area contributed by atoms with Crippen LogP contribution in [-0.4, -0.2) is 35.1 Å². The molecule has 19 heavy (non-hydrogen) atoms. The van der Waals surface area contributed by atoms with Crippen LogP contribution in [0.4, 0.5) is 14.6 Å². The van der Waals surface area contributed by atoms with Gasteiger partial charge in [0.25, 0.3) is 0 Å². The fourth-order valence-corrected chi connectivity index (χ4v) is 2.27. The molecule has 1 aliphatic heterocycles. The summed E-state index contributed by atoms with van der Waals surface area (Å²) in [5.74, 6) is -5.36. The van der Waals surface area contributed by atoms with E-state index in [2.05, 4.69) is 4.98 Å². The Morgan fingerprint density at radius 2 is 2.05 bits per heavy atom. The summed E-state index contributed by atoms with van der Waals surface area (Å²) in [5.41, 5.74) is 0.289. The Bertz CT molecular complexity index is 460. The summed E-state index contributed by atoms with van der Waals surface area (Å²) >= 11 is 0. The summed E-state index contributed by atoms with van der Waals surface area (Å²) in [4.78, 5) is 16.6. The molecule has 2 rings (SSSR count). The van der Waals surface area contributed by atoms with Crippen molar-refractivity contribution in [2.45, 2.75) is 31.6 Å². The SMILES string of the molecule is O=C(O)C(F)(F)Cc1cccnc1N1CCCCC1. The van der Waals surface area contributed by atoms with E-state index in [9.17, 15) is 13.6 Å². The van der Waals surface area contributed by atoms with Crippen LogP contribution in [0.1, 0.15) is 24.8 Å². The number of carbonyl (C=O) groups is 1. The number of hydrogen-bond donors (Lipinski definition) is 1. The van der Waals surface area contributed by atoms with Crippen LogP contribution in [0, 0.1) is 0 Å². The minimum Gasteiger partial charge on any atom is -0.477 e. The van der Waals surface area contributed by atoms with Gasteiger partial charge in [-0.2, -0.15) is 8.78 Å². The van der Waals surface area contributed by atoms with E-state index in [0.29, 0.717) is 5.82 Å². The summed E-state index contributed by atoms with van der Waals surface area (Å²) in [6, 6.07) is 3.08. The van der Waals surface area contributed by atoms with Gasteiger partial charge in [0.05, 0.1) is 6.42 Å². The molecule has 0 unspecified atom stereocenters. The molecule has 0 amide bonds. The molecule has 1 N–H and O–H groups in total. The maximum absolute atomic E-state index is 13.3. The molecule has 0 aromatic carbocycles. The van der Waals surface area contributed by atoms with Gasteiger partial charge in [0, 0.05) is 24.8 Å². The number of piperidine rings is 1. The predicted octanol–water partition coefficient (Wildman–Crippen LogP) is 2.33. The minimum atomic E-state index is -3.76. The number of halogens is 2. The maximum atomic E-state index is 13.3. The monoisotopic (exact) mass is 270 g/mol. The summed E-state index contributed by atoms with van der Waals surface area (Å²) in [7, 11) is 0. The first-order valence-electron chi connectivity index (χ1n) is 6.31. The molecule has 0 atom stereocenters. The second-order valence-electron chi connectivity index (χ2n) is 4.72. The topological polar surface area (TPSA) is 53.4 Å². The lowest BCUT2D eigenvalue weighted by atomic mass is 10.1. The van der Waals surface area contributed by atoms with Gasteiger partial charge in [-0.05, 0) is 25.3 Å². The average molecular weight is 270 g/mol. The van der Waals surface area contributed by atoms with E-state index in [0.717, 1.165) is 32.4 Å². The summed E-state index contributed by atoms with van der Waals surface area (Å²) < 4.78 is 26.7. The third-order valence-corrected chi connectivity index (χ3v) is 3.25. The highest BCUT2D eigenvalue weighted by Crippen LogP contribution is 2.27. The molecule has 104 valence electrons. The number of aromatic nitrogens is 1. The van der Waals surface area contributed by atoms with Gasteiger partial charge in [0.15, 0.2) is 0 Å². The zero-order valence-electron chi connectivity index (χ0n) is 10.5. The Morgan fingerprint density at radius 3 is 2.68 bits per heavy atom. The van der Waals surface area contributed by atoms with Gasteiger partial charge in [-0.3, -0.25) is 0 Å². The molecule has 0 radical (unpaired) electrons. The molecule has 1 aromatic rings. The lowest BCUT2D eigenvalue weighted by Crippen LogP contribution is -2.34. The predicted molar refractivity (Wildman–Crippen MR) is 66.6 cm³/mol. The molecule has 0 saturated carbocycles. The fourth-order valence-electron chi connectivity index (χ4n) is 2.27. The lowest BCUT2D eigenvalue weighted by molar-refractivity contribution is -0.164. The van der Waals surface area contributed by atoms with Crippen LogP contribution in [0.5, 0.6) is 0 Å². The molecule has 1 fully saturated rings. The van der Waals surface area contributed by atoms with Crippen LogP contribution in [0.25, 0.3) is 0 Å². The fraction of sp³-hybridized carbons (Fsp3) is 0.538. The van der Waals surface area contributed by atoms with Crippen molar-refractivity contribution in [3.8, 4) is 0 Å². The van der Waals surface area contributed by atoms with E-state index in [-0.39, 0.29) is 5.56 Å². The van der Waals surface area contributed by atoms with Crippen molar-refractivity contribution in [3.05, 3.63) is 23.9 Å². The van der Waals surface area contributed by atoms with Crippen LogP contribution >= 0.6 is 0 Å². The molecular formula is C13H16F2N2O2. The summed E-state index contributed by atoms with van der Waals surface area (Å²) in [6.45, 7) is 1.56. The highest BCUT2D eigenvalue weighted by molar-refractivity contribution is 5.76. The van der Waals surface area contributed by atoms with Crippen LogP contribution in [0.3, 0.4) is 0 Å². The van der Waals surface area contributed by atoms with Crippen molar-refractivity contribution >= 4 is 11.8 Å². The molecule has 0 aliphatic carbocycles. The van der Waals surface area contributed by atoms with Crippen LogP contribution in [0.15, 0.2) is 18.3 Å². The second kappa shape index (κ2) is 5.50. The number of carboxylic acids is 1. The molecular weight excluding hydrogens is 254 g/mol. The van der Waals surface area contributed by atoms with Gasteiger partial charge < -0.3 is 10.0 Å². The van der Waals surface area contributed by atoms with Crippen molar-refractivity contribution < 1.29 is 18.7 Å². The van der Waals surface area contributed by atoms with Crippen molar-refractivity contribution in [2.75, 3.05) is 18.0 Å². The van der Waals surface area contributed by atoms with Crippen molar-refractivity contribution in [1.82, 2.24) is 4.98 Å². The third kappa shape index (κ3) is 3.19. The van der Waals surface area contributed by atoms with Crippen LogP contribution in [0.2, 0.25) is 0 Å². The van der Waals surface area contributed by atoms with Crippen molar-refractivity contribution in [1.29, 1.82) is 0 Å². The smallest absolute Gasteiger partial charge is 0.374 e. The second-order valence-corrected chi connectivity index (χ2v) is 4.72. The van der Waals surface area contributed by atoms with Crippen molar-refractivity contribution in [3.63, 3.8) is 0 Å². The summed E-state index contributed by atoms with van der Waals surface area (Å²) in [5, 5.41) is 8.52. The molecule has 6 heteroatoms.